The Kier molecular flexibility index (Phi) is 7.44. The first-order valence-electron chi connectivity index (χ1n) is 10.9. The smallest absolute Gasteiger partial charge is 0.229 e. The molecule has 4 rings (SSSR count). The van der Waals surface area contributed by atoms with E-state index in [0.717, 1.165) is 31.9 Å². The lowest BCUT2D eigenvalue weighted by molar-refractivity contribution is 0.313. The van der Waals surface area contributed by atoms with Crippen molar-refractivity contribution in [3.8, 4) is 17.2 Å². The van der Waals surface area contributed by atoms with Crippen LogP contribution in [0.1, 0.15) is 0 Å². The molecule has 9 nitrogen and oxygen atoms in total. The second kappa shape index (κ2) is 10.7. The van der Waals surface area contributed by atoms with Crippen LogP contribution in [0.2, 0.25) is 5.02 Å². The van der Waals surface area contributed by atoms with Crippen molar-refractivity contribution in [2.75, 3.05) is 70.1 Å². The zero-order chi connectivity index (χ0) is 24.1. The molecule has 1 saturated heterocycles. The summed E-state index contributed by atoms with van der Waals surface area (Å²) in [7, 11) is 6.84. The Morgan fingerprint density at radius 2 is 1.50 bits per heavy atom. The number of hydrogen-bond donors (Lipinski definition) is 2. The summed E-state index contributed by atoms with van der Waals surface area (Å²) in [5.74, 6) is 2.42. The third-order valence-electron chi connectivity index (χ3n) is 5.66. The Morgan fingerprint density at radius 3 is 2.09 bits per heavy atom. The number of anilines is 5. The molecule has 1 fully saturated rings. The maximum Gasteiger partial charge on any atom is 0.229 e. The Balaban J connectivity index is 1.49. The third kappa shape index (κ3) is 5.37. The van der Waals surface area contributed by atoms with Gasteiger partial charge in [-0.2, -0.15) is 4.98 Å². The summed E-state index contributed by atoms with van der Waals surface area (Å²) in [5, 5.41) is 6.83. The molecule has 1 aliphatic heterocycles. The lowest BCUT2D eigenvalue weighted by atomic mass is 10.2. The molecule has 0 aliphatic carbocycles. The summed E-state index contributed by atoms with van der Waals surface area (Å²) in [5.41, 5.74) is 2.77. The fourth-order valence-electron chi connectivity index (χ4n) is 3.75. The molecule has 0 saturated carbocycles. The van der Waals surface area contributed by atoms with Crippen molar-refractivity contribution in [3.63, 3.8) is 0 Å². The van der Waals surface area contributed by atoms with Crippen molar-refractivity contribution < 1.29 is 14.2 Å². The zero-order valence-corrected chi connectivity index (χ0v) is 20.5. The number of methoxy groups -OCH3 is 3. The highest BCUT2D eigenvalue weighted by Crippen LogP contribution is 2.41. The molecule has 1 aromatic heterocycles. The van der Waals surface area contributed by atoms with Gasteiger partial charge < -0.3 is 34.6 Å². The predicted octanol–water partition coefficient (Wildman–Crippen LogP) is 4.39. The number of benzene rings is 2. The normalized spacial score (nSPS) is 14.0. The molecule has 34 heavy (non-hydrogen) atoms. The molecule has 2 N–H and O–H groups in total. The first kappa shape index (κ1) is 23.7. The number of nitrogens with one attached hydrogen (secondary N) is 2. The number of nitrogens with zero attached hydrogens (tertiary/aromatic N) is 4. The second-order valence-corrected chi connectivity index (χ2v) is 8.30. The van der Waals surface area contributed by atoms with E-state index < -0.39 is 0 Å². The Labute approximate surface area is 204 Å². The van der Waals surface area contributed by atoms with Gasteiger partial charge in [0.25, 0.3) is 0 Å². The molecule has 1 aliphatic rings. The summed E-state index contributed by atoms with van der Waals surface area (Å²) in [6, 6.07) is 11.8. The number of halogens is 1. The van der Waals surface area contributed by atoms with Crippen LogP contribution in [0.5, 0.6) is 17.2 Å². The molecular formula is C24H29ClN6O3. The van der Waals surface area contributed by atoms with Crippen LogP contribution in [0.4, 0.5) is 28.8 Å². The molecule has 0 atom stereocenters. The molecule has 2 aromatic carbocycles. The van der Waals surface area contributed by atoms with Crippen LogP contribution in [-0.2, 0) is 0 Å². The van der Waals surface area contributed by atoms with E-state index in [4.69, 9.17) is 25.8 Å². The second-order valence-electron chi connectivity index (χ2n) is 7.89. The number of rotatable bonds is 8. The summed E-state index contributed by atoms with van der Waals surface area (Å²) < 4.78 is 16.2. The molecule has 180 valence electrons. The van der Waals surface area contributed by atoms with Crippen molar-refractivity contribution >= 4 is 40.4 Å². The average molecular weight is 485 g/mol. The van der Waals surface area contributed by atoms with Crippen molar-refractivity contribution in [2.45, 2.75) is 0 Å². The van der Waals surface area contributed by atoms with Gasteiger partial charge in [0.05, 0.1) is 27.5 Å². The van der Waals surface area contributed by atoms with E-state index in [9.17, 15) is 0 Å². The first-order valence-corrected chi connectivity index (χ1v) is 11.3. The van der Waals surface area contributed by atoms with E-state index in [1.54, 1.807) is 39.7 Å². The summed E-state index contributed by atoms with van der Waals surface area (Å²) in [4.78, 5) is 13.6. The highest BCUT2D eigenvalue weighted by atomic mass is 35.5. The molecule has 10 heteroatoms. The van der Waals surface area contributed by atoms with Crippen molar-refractivity contribution in [1.82, 2.24) is 14.9 Å². The highest BCUT2D eigenvalue weighted by molar-refractivity contribution is 6.32. The van der Waals surface area contributed by atoms with Crippen LogP contribution < -0.4 is 29.7 Å². The van der Waals surface area contributed by atoms with Crippen LogP contribution in [0.3, 0.4) is 0 Å². The number of ether oxygens (including phenoxy) is 3. The van der Waals surface area contributed by atoms with Gasteiger partial charge in [-0.05, 0) is 31.3 Å². The van der Waals surface area contributed by atoms with E-state index in [0.29, 0.717) is 39.7 Å². The van der Waals surface area contributed by atoms with Crippen molar-refractivity contribution in [1.29, 1.82) is 0 Å². The van der Waals surface area contributed by atoms with E-state index in [2.05, 4.69) is 49.6 Å². The molecule has 0 spiro atoms. The SMILES string of the molecule is COc1cc(Nc2nc(Nc3ccc(N4CCN(C)CC4)cc3)ncc2Cl)cc(OC)c1OC. The molecule has 0 radical (unpaired) electrons. The largest absolute Gasteiger partial charge is 0.493 e. The lowest BCUT2D eigenvalue weighted by Crippen LogP contribution is -2.44. The summed E-state index contributed by atoms with van der Waals surface area (Å²) in [6.07, 6.45) is 1.55. The van der Waals surface area contributed by atoms with Crippen LogP contribution in [0, 0.1) is 0 Å². The Morgan fingerprint density at radius 1 is 0.853 bits per heavy atom. The number of aromatic nitrogens is 2. The first-order chi connectivity index (χ1) is 16.5. The number of likely N-dealkylation sites (N-methyl/N-ethyl adjacent to an activating group) is 1. The van der Waals surface area contributed by atoms with Gasteiger partial charge in [-0.1, -0.05) is 11.6 Å². The van der Waals surface area contributed by atoms with E-state index in [-0.39, 0.29) is 0 Å². The van der Waals surface area contributed by atoms with Gasteiger partial charge in [0.15, 0.2) is 17.3 Å². The van der Waals surface area contributed by atoms with Gasteiger partial charge in [-0.3, -0.25) is 0 Å². The predicted molar refractivity (Wildman–Crippen MR) is 136 cm³/mol. The summed E-state index contributed by atoms with van der Waals surface area (Å²) in [6.45, 7) is 4.19. The van der Waals surface area contributed by atoms with Crippen molar-refractivity contribution in [3.05, 3.63) is 47.6 Å². The fraction of sp³-hybridized carbons (Fsp3) is 0.333. The third-order valence-corrected chi connectivity index (χ3v) is 5.94. The highest BCUT2D eigenvalue weighted by Gasteiger charge is 2.16. The number of piperazine rings is 1. The molecule has 0 amide bonds. The zero-order valence-electron chi connectivity index (χ0n) is 19.8. The maximum atomic E-state index is 6.36. The van der Waals surface area contributed by atoms with Gasteiger partial charge in [0.2, 0.25) is 11.7 Å². The van der Waals surface area contributed by atoms with Gasteiger partial charge in [-0.25, -0.2) is 4.98 Å². The van der Waals surface area contributed by atoms with Crippen LogP contribution in [0.25, 0.3) is 0 Å². The van der Waals surface area contributed by atoms with Crippen LogP contribution in [0.15, 0.2) is 42.6 Å². The van der Waals surface area contributed by atoms with Gasteiger partial charge in [0.1, 0.15) is 5.02 Å². The van der Waals surface area contributed by atoms with Crippen LogP contribution >= 0.6 is 11.6 Å². The van der Waals surface area contributed by atoms with Gasteiger partial charge in [-0.15, -0.1) is 0 Å². The fourth-order valence-corrected chi connectivity index (χ4v) is 3.89. The van der Waals surface area contributed by atoms with Gasteiger partial charge >= 0.3 is 0 Å². The Hall–Kier alpha value is -3.43. The maximum absolute atomic E-state index is 6.36. The molecular weight excluding hydrogens is 456 g/mol. The summed E-state index contributed by atoms with van der Waals surface area (Å²) >= 11 is 6.36. The van der Waals surface area contributed by atoms with Crippen molar-refractivity contribution in [2.24, 2.45) is 0 Å². The standard InChI is InChI=1S/C24H29ClN6O3/c1-30-9-11-31(12-10-30)18-7-5-16(6-8-18)28-24-26-15-19(25)23(29-24)27-17-13-20(32-2)22(34-4)21(14-17)33-3/h5-8,13-15H,9-12H2,1-4H3,(H2,26,27,28,29). The Bertz CT molecular complexity index is 1100. The number of hydrogen-bond acceptors (Lipinski definition) is 9. The molecule has 2 heterocycles. The van der Waals surface area contributed by atoms with Gasteiger partial charge in [0, 0.05) is 55.4 Å². The lowest BCUT2D eigenvalue weighted by Gasteiger charge is -2.34. The quantitative estimate of drug-likeness (QED) is 0.483. The van der Waals surface area contributed by atoms with Crippen LogP contribution in [-0.4, -0.2) is 69.4 Å². The topological polar surface area (TPSA) is 84.0 Å². The van der Waals surface area contributed by atoms with E-state index in [1.165, 1.54) is 5.69 Å². The molecule has 0 unspecified atom stereocenters. The monoisotopic (exact) mass is 484 g/mol. The molecule has 0 bridgehead atoms. The average Bonchev–Trinajstić information content (AvgIpc) is 2.86. The minimum absolute atomic E-state index is 0.379. The minimum atomic E-state index is 0.379. The molecule has 3 aromatic rings. The minimum Gasteiger partial charge on any atom is -0.493 e. The van der Waals surface area contributed by atoms with E-state index in [1.807, 2.05) is 12.1 Å². The van der Waals surface area contributed by atoms with E-state index >= 15 is 0 Å².